The molecule has 0 radical (unpaired) electrons. The molecule has 1 N–H and O–H groups in total. The van der Waals surface area contributed by atoms with E-state index < -0.39 is 17.1 Å². The molecule has 3 aromatic rings. The smallest absolute Gasteiger partial charge is 0.294 e. The van der Waals surface area contributed by atoms with Crippen molar-refractivity contribution in [2.24, 2.45) is 0 Å². The van der Waals surface area contributed by atoms with E-state index in [2.05, 4.69) is 16.8 Å². The highest BCUT2D eigenvalue weighted by atomic mass is 32.2. The number of anilines is 1. The summed E-state index contributed by atoms with van der Waals surface area (Å²) < 4.78 is 12.7. The predicted molar refractivity (Wildman–Crippen MR) is 126 cm³/mol. The zero-order valence-corrected chi connectivity index (χ0v) is 18.7. The Morgan fingerprint density at radius 3 is 2.82 bits per heavy atom. The number of imide groups is 1. The molecule has 33 heavy (non-hydrogen) atoms. The largest absolute Gasteiger partial charge is 0.454 e. The summed E-state index contributed by atoms with van der Waals surface area (Å²) in [7, 11) is 0. The first kappa shape index (κ1) is 21.1. The highest BCUT2D eigenvalue weighted by Gasteiger charge is 2.36. The van der Waals surface area contributed by atoms with Crippen molar-refractivity contribution in [2.45, 2.75) is 19.9 Å². The highest BCUT2D eigenvalue weighted by molar-refractivity contribution is 8.18. The molecule has 0 bridgehead atoms. The maximum atomic E-state index is 12.9. The van der Waals surface area contributed by atoms with Gasteiger partial charge >= 0.3 is 0 Å². The third-order valence-corrected chi connectivity index (χ3v) is 6.31. The molecule has 0 atom stereocenters. The maximum Gasteiger partial charge on any atom is 0.294 e. The monoisotopic (exact) mass is 463 g/mol. The van der Waals surface area contributed by atoms with E-state index in [0.717, 1.165) is 46.1 Å². The number of fused-ring (bicyclic) bond motifs is 2. The van der Waals surface area contributed by atoms with Crippen LogP contribution in [0.2, 0.25) is 0 Å². The van der Waals surface area contributed by atoms with Gasteiger partial charge in [0.1, 0.15) is 6.54 Å². The Bertz CT molecular complexity index is 1310. The van der Waals surface area contributed by atoms with Crippen molar-refractivity contribution in [2.75, 3.05) is 18.7 Å². The number of aromatic nitrogens is 1. The van der Waals surface area contributed by atoms with Gasteiger partial charge in [0, 0.05) is 41.0 Å². The van der Waals surface area contributed by atoms with Gasteiger partial charge in [-0.3, -0.25) is 19.3 Å². The summed E-state index contributed by atoms with van der Waals surface area (Å²) in [6, 6.07) is 13.0. The number of para-hydroxylation sites is 1. The van der Waals surface area contributed by atoms with Crippen LogP contribution in [0.3, 0.4) is 0 Å². The Balaban J connectivity index is 1.32. The Hall–Kier alpha value is -3.72. The van der Waals surface area contributed by atoms with Crippen molar-refractivity contribution < 1.29 is 23.9 Å². The van der Waals surface area contributed by atoms with E-state index in [-0.39, 0.29) is 13.3 Å². The molecule has 168 valence electrons. The average Bonchev–Trinajstić information content (AvgIpc) is 3.48. The van der Waals surface area contributed by atoms with Gasteiger partial charge in [0.15, 0.2) is 11.5 Å². The van der Waals surface area contributed by atoms with Crippen LogP contribution in [0.4, 0.5) is 10.5 Å². The molecule has 3 amide bonds. The lowest BCUT2D eigenvalue weighted by Gasteiger charge is -2.12. The molecule has 3 heterocycles. The van der Waals surface area contributed by atoms with Crippen LogP contribution in [0.25, 0.3) is 17.0 Å². The molecule has 8 nitrogen and oxygen atoms in total. The SMILES string of the molecule is CCCn1cc(/C=C2\SC(=O)N(CC(=O)Nc3ccc4c(c3)OCO4)C2=O)c2ccccc21. The van der Waals surface area contributed by atoms with Gasteiger partial charge in [-0.25, -0.2) is 0 Å². The number of hydrogen-bond acceptors (Lipinski definition) is 6. The first-order chi connectivity index (χ1) is 16.0. The number of carbonyl (C=O) groups is 3. The Morgan fingerprint density at radius 2 is 1.97 bits per heavy atom. The van der Waals surface area contributed by atoms with E-state index >= 15 is 0 Å². The number of aryl methyl sites for hydroxylation is 1. The average molecular weight is 464 g/mol. The molecule has 5 rings (SSSR count). The second kappa shape index (κ2) is 8.67. The van der Waals surface area contributed by atoms with E-state index in [1.54, 1.807) is 24.3 Å². The van der Waals surface area contributed by atoms with Gasteiger partial charge in [0.2, 0.25) is 12.7 Å². The number of benzene rings is 2. The maximum absolute atomic E-state index is 12.9. The Morgan fingerprint density at radius 1 is 1.15 bits per heavy atom. The van der Waals surface area contributed by atoms with Gasteiger partial charge < -0.3 is 19.4 Å². The summed E-state index contributed by atoms with van der Waals surface area (Å²) in [6.07, 6.45) is 4.71. The molecule has 9 heteroatoms. The third-order valence-electron chi connectivity index (χ3n) is 5.40. The Kier molecular flexibility index (Phi) is 5.55. The molecule has 1 fully saturated rings. The predicted octanol–water partition coefficient (Wildman–Crippen LogP) is 4.46. The number of rotatable bonds is 6. The molecule has 0 spiro atoms. The molecule has 0 saturated carbocycles. The first-order valence-corrected chi connectivity index (χ1v) is 11.4. The van der Waals surface area contributed by atoms with E-state index in [4.69, 9.17) is 9.47 Å². The quantitative estimate of drug-likeness (QED) is 0.543. The second-order valence-electron chi connectivity index (χ2n) is 7.68. The van der Waals surface area contributed by atoms with Crippen molar-refractivity contribution in [1.82, 2.24) is 9.47 Å². The zero-order valence-electron chi connectivity index (χ0n) is 17.9. The molecule has 0 unspecified atom stereocenters. The topological polar surface area (TPSA) is 89.9 Å². The lowest BCUT2D eigenvalue weighted by Crippen LogP contribution is -2.36. The lowest BCUT2D eigenvalue weighted by molar-refractivity contribution is -0.127. The van der Waals surface area contributed by atoms with E-state index in [1.807, 2.05) is 30.5 Å². The summed E-state index contributed by atoms with van der Waals surface area (Å²) in [5.41, 5.74) is 2.44. The van der Waals surface area contributed by atoms with Gasteiger partial charge in [0.25, 0.3) is 11.1 Å². The van der Waals surface area contributed by atoms with Crippen molar-refractivity contribution >= 4 is 51.5 Å². The summed E-state index contributed by atoms with van der Waals surface area (Å²) in [5.74, 6) is 0.184. The van der Waals surface area contributed by atoms with Crippen LogP contribution in [0.5, 0.6) is 11.5 Å². The number of thioether (sulfide) groups is 1. The minimum absolute atomic E-state index is 0.132. The summed E-state index contributed by atoms with van der Waals surface area (Å²) in [4.78, 5) is 39.2. The van der Waals surface area contributed by atoms with Crippen molar-refractivity contribution in [1.29, 1.82) is 0 Å². The van der Waals surface area contributed by atoms with Gasteiger partial charge in [-0.1, -0.05) is 25.1 Å². The highest BCUT2D eigenvalue weighted by Crippen LogP contribution is 2.35. The van der Waals surface area contributed by atoms with Crippen molar-refractivity contribution in [3.05, 3.63) is 59.1 Å². The summed E-state index contributed by atoms with van der Waals surface area (Å²) in [5, 5.41) is 3.24. The molecule has 0 aliphatic carbocycles. The normalized spacial score (nSPS) is 16.3. The molecule has 2 aliphatic heterocycles. The fourth-order valence-electron chi connectivity index (χ4n) is 3.91. The summed E-state index contributed by atoms with van der Waals surface area (Å²) >= 11 is 0.845. The number of amides is 3. The fourth-order valence-corrected chi connectivity index (χ4v) is 4.74. The van der Waals surface area contributed by atoms with E-state index in [9.17, 15) is 14.4 Å². The van der Waals surface area contributed by atoms with Gasteiger partial charge in [-0.2, -0.15) is 0 Å². The zero-order chi connectivity index (χ0) is 22.9. The molecule has 2 aliphatic rings. The van der Waals surface area contributed by atoms with Crippen LogP contribution in [0, 0.1) is 0 Å². The van der Waals surface area contributed by atoms with Crippen LogP contribution in [-0.4, -0.2) is 39.9 Å². The number of hydrogen-bond donors (Lipinski definition) is 1. The number of carbonyl (C=O) groups excluding carboxylic acids is 3. The van der Waals surface area contributed by atoms with Crippen LogP contribution in [0.1, 0.15) is 18.9 Å². The first-order valence-electron chi connectivity index (χ1n) is 10.6. The van der Waals surface area contributed by atoms with E-state index in [1.165, 1.54) is 0 Å². The van der Waals surface area contributed by atoms with Crippen LogP contribution < -0.4 is 14.8 Å². The molecular weight excluding hydrogens is 442 g/mol. The van der Waals surface area contributed by atoms with Crippen LogP contribution in [0.15, 0.2) is 53.6 Å². The lowest BCUT2D eigenvalue weighted by atomic mass is 10.1. The van der Waals surface area contributed by atoms with Crippen LogP contribution >= 0.6 is 11.8 Å². The number of nitrogens with one attached hydrogen (secondary N) is 1. The van der Waals surface area contributed by atoms with Crippen molar-refractivity contribution in [3.63, 3.8) is 0 Å². The number of ether oxygens (including phenoxy) is 2. The van der Waals surface area contributed by atoms with Gasteiger partial charge in [0.05, 0.1) is 4.91 Å². The molecular formula is C24H21N3O5S. The number of nitrogens with zero attached hydrogens (tertiary/aromatic N) is 2. The third kappa shape index (κ3) is 4.07. The van der Waals surface area contributed by atoms with Gasteiger partial charge in [-0.15, -0.1) is 0 Å². The summed E-state index contributed by atoms with van der Waals surface area (Å²) in [6.45, 7) is 2.73. The second-order valence-corrected chi connectivity index (χ2v) is 8.67. The standard InChI is InChI=1S/C24H21N3O5S/c1-2-9-26-12-15(17-5-3-4-6-18(17)26)10-21-23(29)27(24(30)33-21)13-22(28)25-16-7-8-19-20(11-16)32-14-31-19/h3-8,10-12H,2,9,13-14H2,1H3,(H,25,28)/b21-10-. The Labute approximate surface area is 194 Å². The minimum atomic E-state index is -0.475. The van der Waals surface area contributed by atoms with Gasteiger partial charge in [-0.05, 0) is 42.5 Å². The molecule has 1 aromatic heterocycles. The fraction of sp³-hybridized carbons (Fsp3) is 0.208. The van der Waals surface area contributed by atoms with Crippen LogP contribution in [-0.2, 0) is 16.1 Å². The molecule has 1 saturated heterocycles. The minimum Gasteiger partial charge on any atom is -0.454 e. The molecule has 2 aromatic carbocycles. The van der Waals surface area contributed by atoms with Crippen molar-refractivity contribution in [3.8, 4) is 11.5 Å². The van der Waals surface area contributed by atoms with E-state index in [0.29, 0.717) is 22.1 Å².